The Kier molecular flexibility index (Phi) is 5.95. The first kappa shape index (κ1) is 19.2. The summed E-state index contributed by atoms with van der Waals surface area (Å²) in [5.74, 6) is 0.598. The van der Waals surface area contributed by atoms with Crippen molar-refractivity contribution in [2.75, 3.05) is 0 Å². The summed E-state index contributed by atoms with van der Waals surface area (Å²) in [4.78, 5) is 4.72. The van der Waals surface area contributed by atoms with Gasteiger partial charge in [-0.05, 0) is 68.0 Å². The lowest BCUT2D eigenvalue weighted by Gasteiger charge is -2.13. The molecule has 0 saturated heterocycles. The zero-order chi connectivity index (χ0) is 19.4. The van der Waals surface area contributed by atoms with Crippen LogP contribution < -0.4 is 0 Å². The standard InChI is InChI=1S/C25H30N2/c1-6-18(3)22-12-14-24(15-13-22)26-17-23-16-19(4)27(20(23)5)25-11-9-8-10-21(25)7-2/h8-18H,6-7H2,1-5H3. The molecule has 1 unspecified atom stereocenters. The second-order valence-corrected chi connectivity index (χ2v) is 7.30. The van der Waals surface area contributed by atoms with Crippen molar-refractivity contribution in [3.8, 4) is 5.69 Å². The van der Waals surface area contributed by atoms with Crippen LogP contribution in [-0.4, -0.2) is 10.8 Å². The lowest BCUT2D eigenvalue weighted by atomic mass is 9.99. The largest absolute Gasteiger partial charge is 0.318 e. The molecule has 0 saturated carbocycles. The molecule has 0 aliphatic carbocycles. The summed E-state index contributed by atoms with van der Waals surface area (Å²) >= 11 is 0. The fourth-order valence-electron chi connectivity index (χ4n) is 3.59. The molecule has 3 rings (SSSR count). The lowest BCUT2D eigenvalue weighted by Crippen LogP contribution is -2.03. The van der Waals surface area contributed by atoms with Gasteiger partial charge in [-0.3, -0.25) is 4.99 Å². The number of hydrogen-bond donors (Lipinski definition) is 0. The molecule has 140 valence electrons. The van der Waals surface area contributed by atoms with E-state index in [1.54, 1.807) is 0 Å². The van der Waals surface area contributed by atoms with Crippen LogP contribution in [0.3, 0.4) is 0 Å². The molecular weight excluding hydrogens is 328 g/mol. The molecule has 0 spiro atoms. The minimum Gasteiger partial charge on any atom is -0.318 e. The number of nitrogens with zero attached hydrogens (tertiary/aromatic N) is 2. The van der Waals surface area contributed by atoms with Crippen LogP contribution in [0.15, 0.2) is 59.6 Å². The highest BCUT2D eigenvalue weighted by molar-refractivity contribution is 5.84. The lowest BCUT2D eigenvalue weighted by molar-refractivity contribution is 0.734. The minimum atomic E-state index is 0.598. The smallest absolute Gasteiger partial charge is 0.0630 e. The van der Waals surface area contributed by atoms with E-state index >= 15 is 0 Å². The molecule has 2 aromatic carbocycles. The third-order valence-electron chi connectivity index (χ3n) is 5.51. The molecule has 1 heterocycles. The van der Waals surface area contributed by atoms with Crippen LogP contribution in [0.2, 0.25) is 0 Å². The van der Waals surface area contributed by atoms with Gasteiger partial charge in [0, 0.05) is 28.9 Å². The monoisotopic (exact) mass is 358 g/mol. The van der Waals surface area contributed by atoms with Crippen molar-refractivity contribution in [1.82, 2.24) is 4.57 Å². The van der Waals surface area contributed by atoms with Gasteiger partial charge in [-0.1, -0.05) is 51.1 Å². The average molecular weight is 359 g/mol. The van der Waals surface area contributed by atoms with Crippen LogP contribution in [-0.2, 0) is 6.42 Å². The number of aromatic nitrogens is 1. The topological polar surface area (TPSA) is 17.3 Å². The minimum absolute atomic E-state index is 0.598. The molecule has 0 bridgehead atoms. The number of rotatable bonds is 6. The van der Waals surface area contributed by atoms with Crippen molar-refractivity contribution in [3.63, 3.8) is 0 Å². The normalized spacial score (nSPS) is 12.6. The van der Waals surface area contributed by atoms with Crippen molar-refractivity contribution in [2.45, 2.75) is 53.4 Å². The maximum Gasteiger partial charge on any atom is 0.0630 e. The summed E-state index contributed by atoms with van der Waals surface area (Å²) in [5.41, 5.74) is 8.65. The van der Waals surface area contributed by atoms with Crippen molar-refractivity contribution in [2.24, 2.45) is 4.99 Å². The van der Waals surface area contributed by atoms with E-state index in [0.717, 1.165) is 18.5 Å². The first-order chi connectivity index (χ1) is 13.0. The molecule has 0 aliphatic heterocycles. The van der Waals surface area contributed by atoms with E-state index < -0.39 is 0 Å². The van der Waals surface area contributed by atoms with E-state index in [1.165, 1.54) is 33.8 Å². The van der Waals surface area contributed by atoms with Crippen molar-refractivity contribution in [1.29, 1.82) is 0 Å². The molecular formula is C25H30N2. The first-order valence-corrected chi connectivity index (χ1v) is 9.96. The van der Waals surface area contributed by atoms with Gasteiger partial charge in [0.25, 0.3) is 0 Å². The zero-order valence-corrected chi connectivity index (χ0v) is 17.2. The van der Waals surface area contributed by atoms with E-state index in [2.05, 4.69) is 93.8 Å². The van der Waals surface area contributed by atoms with Gasteiger partial charge in [-0.15, -0.1) is 0 Å². The first-order valence-electron chi connectivity index (χ1n) is 9.96. The third-order valence-corrected chi connectivity index (χ3v) is 5.51. The van der Waals surface area contributed by atoms with E-state index in [1.807, 2.05) is 6.21 Å². The van der Waals surface area contributed by atoms with Crippen LogP contribution in [0, 0.1) is 13.8 Å². The summed E-state index contributed by atoms with van der Waals surface area (Å²) in [6, 6.07) is 19.5. The summed E-state index contributed by atoms with van der Waals surface area (Å²) in [6.45, 7) is 11.0. The third kappa shape index (κ3) is 4.05. The average Bonchev–Trinajstić information content (AvgIpc) is 2.99. The van der Waals surface area contributed by atoms with Gasteiger partial charge < -0.3 is 4.57 Å². The van der Waals surface area contributed by atoms with Crippen molar-refractivity contribution >= 4 is 11.9 Å². The Bertz CT molecular complexity index is 929. The predicted octanol–water partition coefficient (Wildman–Crippen LogP) is 6.92. The number of para-hydroxylation sites is 1. The SMILES string of the molecule is CCc1ccccc1-n1c(C)cc(C=Nc2ccc(C(C)CC)cc2)c1C. The van der Waals surface area contributed by atoms with Crippen LogP contribution in [0.25, 0.3) is 5.69 Å². The maximum atomic E-state index is 4.72. The molecule has 1 atom stereocenters. The van der Waals surface area contributed by atoms with E-state index in [0.29, 0.717) is 5.92 Å². The molecule has 0 N–H and O–H groups in total. The number of aliphatic imine (C=N–C) groups is 1. The Labute approximate surface area is 163 Å². The highest BCUT2D eigenvalue weighted by Crippen LogP contribution is 2.25. The quantitative estimate of drug-likeness (QED) is 0.425. The zero-order valence-electron chi connectivity index (χ0n) is 17.2. The van der Waals surface area contributed by atoms with E-state index in [-0.39, 0.29) is 0 Å². The number of aryl methyl sites for hydroxylation is 2. The van der Waals surface area contributed by atoms with Gasteiger partial charge in [-0.25, -0.2) is 0 Å². The molecule has 0 amide bonds. The molecule has 0 fully saturated rings. The van der Waals surface area contributed by atoms with Crippen molar-refractivity contribution in [3.05, 3.63) is 82.7 Å². The number of hydrogen-bond acceptors (Lipinski definition) is 1. The summed E-state index contributed by atoms with van der Waals surface area (Å²) < 4.78 is 2.34. The van der Waals surface area contributed by atoms with Crippen LogP contribution in [0.5, 0.6) is 0 Å². The summed E-state index contributed by atoms with van der Waals surface area (Å²) in [5, 5.41) is 0. The van der Waals surface area contributed by atoms with Gasteiger partial charge in [-0.2, -0.15) is 0 Å². The van der Waals surface area contributed by atoms with Crippen molar-refractivity contribution < 1.29 is 0 Å². The molecule has 0 radical (unpaired) electrons. The molecule has 1 aromatic heterocycles. The molecule has 3 aromatic rings. The molecule has 2 heteroatoms. The van der Waals surface area contributed by atoms with Gasteiger partial charge in [0.05, 0.1) is 5.69 Å². The molecule has 27 heavy (non-hydrogen) atoms. The van der Waals surface area contributed by atoms with Gasteiger partial charge >= 0.3 is 0 Å². The van der Waals surface area contributed by atoms with Crippen LogP contribution in [0.1, 0.15) is 61.2 Å². The van der Waals surface area contributed by atoms with Crippen LogP contribution in [0.4, 0.5) is 5.69 Å². The van der Waals surface area contributed by atoms with E-state index in [4.69, 9.17) is 4.99 Å². The van der Waals surface area contributed by atoms with Gasteiger partial charge in [0.2, 0.25) is 0 Å². The Hall–Kier alpha value is -2.61. The van der Waals surface area contributed by atoms with E-state index in [9.17, 15) is 0 Å². The Balaban J connectivity index is 1.90. The fraction of sp³-hybridized carbons (Fsp3) is 0.320. The van der Waals surface area contributed by atoms with Crippen LogP contribution >= 0.6 is 0 Å². The maximum absolute atomic E-state index is 4.72. The highest BCUT2D eigenvalue weighted by atomic mass is 15.0. The summed E-state index contributed by atoms with van der Waals surface area (Å²) in [6.07, 6.45) is 4.18. The number of benzene rings is 2. The Morgan fingerprint density at radius 1 is 1.00 bits per heavy atom. The van der Waals surface area contributed by atoms with Gasteiger partial charge in [0.15, 0.2) is 0 Å². The molecule has 2 nitrogen and oxygen atoms in total. The Morgan fingerprint density at radius 3 is 2.37 bits per heavy atom. The summed E-state index contributed by atoms with van der Waals surface area (Å²) in [7, 11) is 0. The Morgan fingerprint density at radius 2 is 1.70 bits per heavy atom. The fourth-order valence-corrected chi connectivity index (χ4v) is 3.59. The second kappa shape index (κ2) is 8.39. The van der Waals surface area contributed by atoms with Gasteiger partial charge in [0.1, 0.15) is 0 Å². The predicted molar refractivity (Wildman–Crippen MR) is 117 cm³/mol. The molecule has 0 aliphatic rings. The highest BCUT2D eigenvalue weighted by Gasteiger charge is 2.11. The second-order valence-electron chi connectivity index (χ2n) is 7.30.